The van der Waals surface area contributed by atoms with Crippen LogP contribution in [0.25, 0.3) is 0 Å². The standard InChI is InChI=1S/C16H13F3O3/c17-16(18,19)8-9-20-22-15-7-3-6-14-12(15)10-11-4-1-2-5-13(11)21-14/h1-7H,8-10H2. The van der Waals surface area contributed by atoms with Gasteiger partial charge in [-0.1, -0.05) is 24.3 Å². The van der Waals surface area contributed by atoms with Gasteiger partial charge in [0.05, 0.1) is 6.42 Å². The highest BCUT2D eigenvalue weighted by atomic mass is 19.4. The van der Waals surface area contributed by atoms with Crippen molar-refractivity contribution in [1.29, 1.82) is 0 Å². The normalized spacial score (nSPS) is 13.0. The van der Waals surface area contributed by atoms with E-state index in [1.54, 1.807) is 18.2 Å². The van der Waals surface area contributed by atoms with Gasteiger partial charge in [0.15, 0.2) is 5.75 Å². The minimum absolute atomic E-state index is 0.370. The molecule has 6 heteroatoms. The van der Waals surface area contributed by atoms with E-state index in [1.807, 2.05) is 24.3 Å². The molecule has 0 saturated heterocycles. The third kappa shape index (κ3) is 3.33. The van der Waals surface area contributed by atoms with Gasteiger partial charge in [-0.3, -0.25) is 0 Å². The summed E-state index contributed by atoms with van der Waals surface area (Å²) in [6, 6.07) is 12.7. The van der Waals surface area contributed by atoms with Gasteiger partial charge in [-0.2, -0.15) is 18.1 Å². The minimum Gasteiger partial charge on any atom is -0.457 e. The molecule has 0 bridgehead atoms. The number of hydrogen-bond acceptors (Lipinski definition) is 3. The number of halogens is 3. The number of ether oxygens (including phenoxy) is 1. The average molecular weight is 310 g/mol. The second-order valence-electron chi connectivity index (χ2n) is 4.89. The second-order valence-corrected chi connectivity index (χ2v) is 4.89. The first-order chi connectivity index (χ1) is 10.5. The van der Waals surface area contributed by atoms with Gasteiger partial charge < -0.3 is 9.62 Å². The van der Waals surface area contributed by atoms with Crippen molar-refractivity contribution in [3.63, 3.8) is 0 Å². The summed E-state index contributed by atoms with van der Waals surface area (Å²) in [6.45, 7) is -0.551. The predicted molar refractivity (Wildman–Crippen MR) is 73.0 cm³/mol. The SMILES string of the molecule is FC(F)(F)CCOOc1cccc2c1Cc1ccccc1O2. The van der Waals surface area contributed by atoms with Crippen molar-refractivity contribution >= 4 is 0 Å². The van der Waals surface area contributed by atoms with Crippen LogP contribution in [-0.2, 0) is 11.3 Å². The molecule has 1 heterocycles. The highest BCUT2D eigenvalue weighted by Gasteiger charge is 2.27. The molecule has 3 rings (SSSR count). The molecule has 2 aromatic carbocycles. The Hall–Kier alpha value is -2.21. The zero-order valence-corrected chi connectivity index (χ0v) is 11.5. The molecule has 0 aromatic heterocycles. The van der Waals surface area contributed by atoms with E-state index in [-0.39, 0.29) is 0 Å². The maximum atomic E-state index is 12.1. The van der Waals surface area contributed by atoms with Crippen molar-refractivity contribution in [2.75, 3.05) is 6.61 Å². The number of para-hydroxylation sites is 1. The largest absolute Gasteiger partial charge is 0.457 e. The Kier molecular flexibility index (Phi) is 3.94. The quantitative estimate of drug-likeness (QED) is 0.399. The van der Waals surface area contributed by atoms with E-state index >= 15 is 0 Å². The van der Waals surface area contributed by atoms with Crippen LogP contribution in [0.4, 0.5) is 13.2 Å². The summed E-state index contributed by atoms with van der Waals surface area (Å²) in [7, 11) is 0. The van der Waals surface area contributed by atoms with Crippen LogP contribution in [0.1, 0.15) is 17.5 Å². The molecule has 0 aliphatic carbocycles. The smallest absolute Gasteiger partial charge is 0.391 e. The average Bonchev–Trinajstić information content (AvgIpc) is 2.49. The van der Waals surface area contributed by atoms with Gasteiger partial charge in [0.1, 0.15) is 18.1 Å². The molecule has 1 aliphatic rings. The lowest BCUT2D eigenvalue weighted by Gasteiger charge is -2.21. The van der Waals surface area contributed by atoms with Gasteiger partial charge in [0, 0.05) is 12.0 Å². The molecule has 0 atom stereocenters. The Morgan fingerprint density at radius 3 is 2.59 bits per heavy atom. The van der Waals surface area contributed by atoms with Gasteiger partial charge in [-0.05, 0) is 23.8 Å². The van der Waals surface area contributed by atoms with E-state index in [9.17, 15) is 13.2 Å². The van der Waals surface area contributed by atoms with Gasteiger partial charge >= 0.3 is 6.18 Å². The lowest BCUT2D eigenvalue weighted by molar-refractivity contribution is -0.233. The van der Waals surface area contributed by atoms with Crippen molar-refractivity contribution in [1.82, 2.24) is 0 Å². The van der Waals surface area contributed by atoms with E-state index in [2.05, 4.69) is 4.89 Å². The Morgan fingerprint density at radius 1 is 1.00 bits per heavy atom. The third-order valence-corrected chi connectivity index (χ3v) is 3.27. The molecular weight excluding hydrogens is 297 g/mol. The topological polar surface area (TPSA) is 27.7 Å². The highest BCUT2D eigenvalue weighted by molar-refractivity contribution is 5.54. The molecule has 0 amide bonds. The fourth-order valence-corrected chi connectivity index (χ4v) is 2.21. The van der Waals surface area contributed by atoms with Crippen LogP contribution in [0.2, 0.25) is 0 Å². The van der Waals surface area contributed by atoms with Gasteiger partial charge in [-0.15, -0.1) is 0 Å². The number of fused-ring (bicyclic) bond motifs is 2. The van der Waals surface area contributed by atoms with Crippen LogP contribution in [0.15, 0.2) is 42.5 Å². The van der Waals surface area contributed by atoms with Crippen LogP contribution in [-0.4, -0.2) is 12.8 Å². The molecule has 2 aromatic rings. The number of rotatable bonds is 4. The first-order valence-electron chi connectivity index (χ1n) is 6.77. The Labute approximate surface area is 125 Å². The van der Waals surface area contributed by atoms with Crippen molar-refractivity contribution in [3.05, 3.63) is 53.6 Å². The zero-order chi connectivity index (χ0) is 15.6. The molecule has 22 heavy (non-hydrogen) atoms. The zero-order valence-electron chi connectivity index (χ0n) is 11.5. The number of hydrogen-bond donors (Lipinski definition) is 0. The predicted octanol–water partition coefficient (Wildman–Crippen LogP) is 4.65. The van der Waals surface area contributed by atoms with Crippen LogP contribution < -0.4 is 9.62 Å². The lowest BCUT2D eigenvalue weighted by Crippen LogP contribution is -2.13. The Morgan fingerprint density at radius 2 is 1.77 bits per heavy atom. The van der Waals surface area contributed by atoms with E-state index in [4.69, 9.17) is 9.62 Å². The van der Waals surface area contributed by atoms with E-state index in [0.717, 1.165) is 16.9 Å². The molecule has 116 valence electrons. The van der Waals surface area contributed by atoms with E-state index in [1.165, 1.54) is 0 Å². The summed E-state index contributed by atoms with van der Waals surface area (Å²) in [5.41, 5.74) is 1.74. The molecule has 0 spiro atoms. The van der Waals surface area contributed by atoms with Crippen LogP contribution >= 0.6 is 0 Å². The number of benzene rings is 2. The minimum atomic E-state index is -4.26. The Balaban J connectivity index is 1.70. The molecule has 0 unspecified atom stereocenters. The van der Waals surface area contributed by atoms with Gasteiger partial charge in [-0.25, -0.2) is 0 Å². The molecule has 1 aliphatic heterocycles. The molecule has 3 nitrogen and oxygen atoms in total. The third-order valence-electron chi connectivity index (χ3n) is 3.27. The molecule has 0 fully saturated rings. The van der Waals surface area contributed by atoms with E-state index in [0.29, 0.717) is 17.9 Å². The van der Waals surface area contributed by atoms with Crippen LogP contribution in [0.3, 0.4) is 0 Å². The maximum absolute atomic E-state index is 12.1. The summed E-state index contributed by atoms with van der Waals surface area (Å²) in [4.78, 5) is 9.71. The van der Waals surface area contributed by atoms with Crippen molar-refractivity contribution in [2.24, 2.45) is 0 Å². The van der Waals surface area contributed by atoms with Crippen LogP contribution in [0.5, 0.6) is 17.2 Å². The van der Waals surface area contributed by atoms with Crippen molar-refractivity contribution in [3.8, 4) is 17.2 Å². The fourth-order valence-electron chi connectivity index (χ4n) is 2.21. The molecular formula is C16H13F3O3. The summed E-state index contributed by atoms with van der Waals surface area (Å²) in [5, 5.41) is 0. The molecule has 0 radical (unpaired) electrons. The Bertz CT molecular complexity index is 668. The van der Waals surface area contributed by atoms with Crippen molar-refractivity contribution in [2.45, 2.75) is 19.0 Å². The summed E-state index contributed by atoms with van der Waals surface area (Å²) in [6.07, 6.45) is -4.74. The maximum Gasteiger partial charge on any atom is 0.391 e. The summed E-state index contributed by atoms with van der Waals surface area (Å²) in [5.74, 6) is 1.76. The van der Waals surface area contributed by atoms with Gasteiger partial charge in [0.2, 0.25) is 0 Å². The number of alkyl halides is 3. The first kappa shape index (κ1) is 14.7. The monoisotopic (exact) mass is 310 g/mol. The van der Waals surface area contributed by atoms with Crippen molar-refractivity contribution < 1.29 is 27.7 Å². The lowest BCUT2D eigenvalue weighted by atomic mass is 10.00. The van der Waals surface area contributed by atoms with Gasteiger partial charge in [0.25, 0.3) is 0 Å². The summed E-state index contributed by atoms with van der Waals surface area (Å²) >= 11 is 0. The second kappa shape index (κ2) is 5.88. The van der Waals surface area contributed by atoms with Crippen LogP contribution in [0, 0.1) is 0 Å². The van der Waals surface area contributed by atoms with E-state index < -0.39 is 19.2 Å². The highest BCUT2D eigenvalue weighted by Crippen LogP contribution is 2.40. The molecule has 0 saturated carbocycles. The molecule has 0 N–H and O–H groups in total. The fraction of sp³-hybridized carbons (Fsp3) is 0.250. The first-order valence-corrected chi connectivity index (χ1v) is 6.77. The summed E-state index contributed by atoms with van der Waals surface area (Å²) < 4.78 is 42.0.